The highest BCUT2D eigenvalue weighted by atomic mass is 79.9. The highest BCUT2D eigenvalue weighted by Crippen LogP contribution is 2.46. The zero-order valence-corrected chi connectivity index (χ0v) is 12.8. The molecule has 0 bridgehead atoms. The van der Waals surface area contributed by atoms with Crippen molar-refractivity contribution in [2.75, 3.05) is 27.9 Å². The van der Waals surface area contributed by atoms with E-state index in [4.69, 9.17) is 19.9 Å². The molecule has 0 amide bonds. The first-order valence-corrected chi connectivity index (χ1v) is 6.58. The molecule has 5 heteroatoms. The molecule has 1 atom stereocenters. The number of rotatable bonds is 6. The van der Waals surface area contributed by atoms with Crippen molar-refractivity contribution in [2.24, 2.45) is 5.73 Å². The monoisotopic (exact) mass is 317 g/mol. The molecule has 0 radical (unpaired) electrons. The number of nitrogens with two attached hydrogens (primary N) is 1. The van der Waals surface area contributed by atoms with Gasteiger partial charge in [-0.15, -0.1) is 0 Å². The van der Waals surface area contributed by atoms with Gasteiger partial charge in [0, 0.05) is 5.56 Å². The summed E-state index contributed by atoms with van der Waals surface area (Å²) in [6, 6.07) is 1.95. The fraction of sp³-hybridized carbons (Fsp3) is 0.538. The van der Waals surface area contributed by atoms with E-state index in [1.165, 1.54) is 0 Å². The third-order valence-electron chi connectivity index (χ3n) is 2.93. The molecule has 102 valence electrons. The molecule has 1 aromatic rings. The van der Waals surface area contributed by atoms with Crippen LogP contribution in [-0.2, 0) is 0 Å². The second kappa shape index (κ2) is 6.85. The standard InChI is InChI=1S/C13H20BrNO3/c1-8(5-6-15)9-7-10(16-2)13(18-4)11(14)12(9)17-3/h7-8H,5-6,15H2,1-4H3. The van der Waals surface area contributed by atoms with Crippen LogP contribution in [0.2, 0.25) is 0 Å². The van der Waals surface area contributed by atoms with Gasteiger partial charge in [0.05, 0.1) is 21.3 Å². The van der Waals surface area contributed by atoms with Crippen molar-refractivity contribution < 1.29 is 14.2 Å². The summed E-state index contributed by atoms with van der Waals surface area (Å²) in [6.07, 6.45) is 0.887. The Morgan fingerprint density at radius 1 is 1.17 bits per heavy atom. The smallest absolute Gasteiger partial charge is 0.178 e. The van der Waals surface area contributed by atoms with E-state index >= 15 is 0 Å². The lowest BCUT2D eigenvalue weighted by molar-refractivity contribution is 0.343. The summed E-state index contributed by atoms with van der Waals surface area (Å²) < 4.78 is 16.9. The maximum absolute atomic E-state index is 5.61. The fourth-order valence-corrected chi connectivity index (χ4v) is 2.68. The van der Waals surface area contributed by atoms with Crippen molar-refractivity contribution in [3.05, 3.63) is 16.1 Å². The topological polar surface area (TPSA) is 53.7 Å². The summed E-state index contributed by atoms with van der Waals surface area (Å²) in [5.74, 6) is 2.39. The lowest BCUT2D eigenvalue weighted by Gasteiger charge is -2.20. The minimum atomic E-state index is 0.293. The van der Waals surface area contributed by atoms with Gasteiger partial charge >= 0.3 is 0 Å². The molecule has 0 fully saturated rings. The van der Waals surface area contributed by atoms with Crippen molar-refractivity contribution in [3.63, 3.8) is 0 Å². The van der Waals surface area contributed by atoms with Gasteiger partial charge in [-0.3, -0.25) is 0 Å². The molecule has 1 aromatic carbocycles. The van der Waals surface area contributed by atoms with Crippen LogP contribution in [0.15, 0.2) is 10.5 Å². The van der Waals surface area contributed by atoms with Crippen LogP contribution in [0.5, 0.6) is 17.2 Å². The summed E-state index contributed by atoms with van der Waals surface area (Å²) in [5, 5.41) is 0. The minimum absolute atomic E-state index is 0.293. The number of benzene rings is 1. The molecule has 0 aliphatic carbocycles. The highest BCUT2D eigenvalue weighted by Gasteiger charge is 2.21. The van der Waals surface area contributed by atoms with Crippen molar-refractivity contribution in [2.45, 2.75) is 19.3 Å². The van der Waals surface area contributed by atoms with Crippen LogP contribution in [0, 0.1) is 0 Å². The van der Waals surface area contributed by atoms with E-state index in [9.17, 15) is 0 Å². The Balaban J connectivity index is 3.37. The van der Waals surface area contributed by atoms with Crippen molar-refractivity contribution >= 4 is 15.9 Å². The molecule has 0 spiro atoms. The second-order valence-electron chi connectivity index (χ2n) is 4.03. The number of hydrogen-bond acceptors (Lipinski definition) is 4. The molecule has 2 N–H and O–H groups in total. The van der Waals surface area contributed by atoms with Gasteiger partial charge in [-0.05, 0) is 40.9 Å². The Kier molecular flexibility index (Phi) is 5.75. The molecular weight excluding hydrogens is 298 g/mol. The molecule has 0 aliphatic rings. The van der Waals surface area contributed by atoms with Crippen LogP contribution >= 0.6 is 15.9 Å². The summed E-state index contributed by atoms with van der Waals surface area (Å²) >= 11 is 3.50. The van der Waals surface area contributed by atoms with Gasteiger partial charge in [0.15, 0.2) is 11.5 Å². The van der Waals surface area contributed by atoms with E-state index in [-0.39, 0.29) is 0 Å². The van der Waals surface area contributed by atoms with Gasteiger partial charge in [0.25, 0.3) is 0 Å². The van der Waals surface area contributed by atoms with Gasteiger partial charge in [-0.2, -0.15) is 0 Å². The molecule has 0 saturated heterocycles. The zero-order valence-electron chi connectivity index (χ0n) is 11.2. The molecular formula is C13H20BrNO3. The van der Waals surface area contributed by atoms with Gasteiger partial charge in [-0.1, -0.05) is 6.92 Å². The van der Waals surface area contributed by atoms with Gasteiger partial charge in [0.2, 0.25) is 0 Å². The fourth-order valence-electron chi connectivity index (χ4n) is 1.93. The van der Waals surface area contributed by atoms with Crippen LogP contribution in [0.3, 0.4) is 0 Å². The lowest BCUT2D eigenvalue weighted by atomic mass is 9.96. The van der Waals surface area contributed by atoms with E-state index in [1.807, 2.05) is 6.07 Å². The van der Waals surface area contributed by atoms with Crippen LogP contribution < -0.4 is 19.9 Å². The van der Waals surface area contributed by atoms with E-state index in [0.717, 1.165) is 22.2 Å². The molecule has 0 aliphatic heterocycles. The third-order valence-corrected chi connectivity index (χ3v) is 3.65. The third kappa shape index (κ3) is 2.90. The average Bonchev–Trinajstić information content (AvgIpc) is 2.37. The van der Waals surface area contributed by atoms with Crippen LogP contribution in [-0.4, -0.2) is 27.9 Å². The molecule has 0 aromatic heterocycles. The number of methoxy groups -OCH3 is 3. The predicted octanol–water partition coefficient (Wildman–Crippen LogP) is 2.93. The Bertz CT molecular complexity index is 410. The largest absolute Gasteiger partial charge is 0.495 e. The number of ether oxygens (including phenoxy) is 3. The van der Waals surface area contributed by atoms with Crippen LogP contribution in [0.25, 0.3) is 0 Å². The normalized spacial score (nSPS) is 12.1. The van der Waals surface area contributed by atoms with Gasteiger partial charge < -0.3 is 19.9 Å². The van der Waals surface area contributed by atoms with Crippen LogP contribution in [0.1, 0.15) is 24.8 Å². The Labute approximate surface area is 117 Å². The summed E-state index contributed by atoms with van der Waals surface area (Å²) in [7, 11) is 4.86. The molecule has 1 unspecified atom stereocenters. The van der Waals surface area contributed by atoms with Crippen molar-refractivity contribution in [3.8, 4) is 17.2 Å². The van der Waals surface area contributed by atoms with Gasteiger partial charge in [0.1, 0.15) is 10.2 Å². The highest BCUT2D eigenvalue weighted by molar-refractivity contribution is 9.10. The molecule has 18 heavy (non-hydrogen) atoms. The quantitative estimate of drug-likeness (QED) is 0.876. The molecule has 4 nitrogen and oxygen atoms in total. The zero-order chi connectivity index (χ0) is 13.7. The molecule has 0 heterocycles. The summed E-state index contributed by atoms with van der Waals surface area (Å²) in [4.78, 5) is 0. The minimum Gasteiger partial charge on any atom is -0.495 e. The number of halogens is 1. The van der Waals surface area contributed by atoms with Crippen LogP contribution in [0.4, 0.5) is 0 Å². The second-order valence-corrected chi connectivity index (χ2v) is 4.82. The predicted molar refractivity (Wildman–Crippen MR) is 75.9 cm³/mol. The van der Waals surface area contributed by atoms with Crippen molar-refractivity contribution in [1.82, 2.24) is 0 Å². The van der Waals surface area contributed by atoms with E-state index in [2.05, 4.69) is 22.9 Å². The Morgan fingerprint density at radius 3 is 2.22 bits per heavy atom. The van der Waals surface area contributed by atoms with E-state index in [1.54, 1.807) is 21.3 Å². The van der Waals surface area contributed by atoms with E-state index in [0.29, 0.717) is 24.0 Å². The SMILES string of the molecule is COc1cc(C(C)CCN)c(OC)c(Br)c1OC. The first-order valence-electron chi connectivity index (χ1n) is 5.79. The lowest BCUT2D eigenvalue weighted by Crippen LogP contribution is -2.07. The maximum atomic E-state index is 5.61. The summed E-state index contributed by atoms with van der Waals surface area (Å²) in [6.45, 7) is 2.75. The molecule has 0 saturated carbocycles. The Morgan fingerprint density at radius 2 is 1.78 bits per heavy atom. The first-order chi connectivity index (χ1) is 8.60. The average molecular weight is 318 g/mol. The number of hydrogen-bond donors (Lipinski definition) is 1. The van der Waals surface area contributed by atoms with E-state index < -0.39 is 0 Å². The first kappa shape index (κ1) is 15.1. The Hall–Kier alpha value is -0.940. The summed E-state index contributed by atoms with van der Waals surface area (Å²) in [5.41, 5.74) is 6.68. The maximum Gasteiger partial charge on any atom is 0.178 e. The van der Waals surface area contributed by atoms with Crippen molar-refractivity contribution in [1.29, 1.82) is 0 Å². The molecule has 1 rings (SSSR count). The van der Waals surface area contributed by atoms with Gasteiger partial charge in [-0.25, -0.2) is 0 Å².